The van der Waals surface area contributed by atoms with Crippen LogP contribution in [0.5, 0.6) is 11.5 Å². The van der Waals surface area contributed by atoms with E-state index in [9.17, 15) is 4.79 Å². The molecule has 0 fully saturated rings. The number of nitrogens with zero attached hydrogens (tertiary/aromatic N) is 3. The topological polar surface area (TPSA) is 78.9 Å². The smallest absolute Gasteiger partial charge is 0.291 e. The van der Waals surface area contributed by atoms with Gasteiger partial charge in [-0.3, -0.25) is 4.79 Å². The monoisotopic (exact) mass is 355 g/mol. The Kier molecular flexibility index (Phi) is 3.73. The second kappa shape index (κ2) is 6.06. The normalized spacial score (nSPS) is 12.0. The van der Waals surface area contributed by atoms with Gasteiger partial charge < -0.3 is 13.9 Å². The zero-order valence-electron chi connectivity index (χ0n) is 13.4. The number of hydrogen-bond acceptors (Lipinski definition) is 7. The molecular formula is C17H13N3O4S. The van der Waals surface area contributed by atoms with Crippen LogP contribution in [0.1, 0.15) is 5.56 Å². The van der Waals surface area contributed by atoms with E-state index in [-0.39, 0.29) is 5.56 Å². The van der Waals surface area contributed by atoms with Gasteiger partial charge in [-0.1, -0.05) is 11.3 Å². The maximum atomic E-state index is 12.6. The minimum atomic E-state index is -0.233. The molecule has 0 unspecified atom stereocenters. The molecule has 0 saturated heterocycles. The third kappa shape index (κ3) is 2.66. The number of hydrogen-bond donors (Lipinski definition) is 0. The zero-order valence-corrected chi connectivity index (χ0v) is 14.2. The Labute approximate surface area is 145 Å². The fraction of sp³-hybridized carbons (Fsp3) is 0.118. The summed E-state index contributed by atoms with van der Waals surface area (Å²) in [4.78, 5) is 17.4. The van der Waals surface area contributed by atoms with Crippen molar-refractivity contribution in [3.63, 3.8) is 0 Å². The van der Waals surface area contributed by atoms with E-state index in [1.54, 1.807) is 38.5 Å². The summed E-state index contributed by atoms with van der Waals surface area (Å²) in [7, 11) is 3.16. The molecule has 0 amide bonds. The van der Waals surface area contributed by atoms with Gasteiger partial charge in [-0.15, -0.1) is 5.10 Å². The molecule has 0 bridgehead atoms. The second-order valence-electron chi connectivity index (χ2n) is 5.13. The van der Waals surface area contributed by atoms with Crippen molar-refractivity contribution in [3.05, 3.63) is 57.0 Å². The molecule has 1 aromatic carbocycles. The number of ether oxygens (including phenoxy) is 2. The summed E-state index contributed by atoms with van der Waals surface area (Å²) in [5.41, 5.74) is 0.541. The van der Waals surface area contributed by atoms with Crippen LogP contribution >= 0.6 is 11.3 Å². The Balaban J connectivity index is 1.82. The zero-order chi connectivity index (χ0) is 17.4. The molecule has 3 aromatic heterocycles. The Hall–Kier alpha value is -3.13. The average Bonchev–Trinajstić information content (AvgIpc) is 3.34. The van der Waals surface area contributed by atoms with Gasteiger partial charge in [0.2, 0.25) is 10.8 Å². The first kappa shape index (κ1) is 15.4. The fourth-order valence-corrected chi connectivity index (χ4v) is 3.32. The summed E-state index contributed by atoms with van der Waals surface area (Å²) in [5, 5.41) is 4.23. The van der Waals surface area contributed by atoms with Gasteiger partial charge in [-0.25, -0.2) is 0 Å². The Morgan fingerprint density at radius 2 is 2.12 bits per heavy atom. The molecule has 0 spiro atoms. The van der Waals surface area contributed by atoms with Gasteiger partial charge >= 0.3 is 0 Å². The highest BCUT2D eigenvalue weighted by atomic mass is 32.1. The quantitative estimate of drug-likeness (QED) is 0.557. The van der Waals surface area contributed by atoms with E-state index in [0.717, 1.165) is 5.56 Å². The third-order valence-electron chi connectivity index (χ3n) is 3.65. The first-order valence-corrected chi connectivity index (χ1v) is 8.18. The SMILES string of the molecule is COc1ccc(C=c2sc3nc(-c4ccco4)nn3c2=O)c(OC)c1. The van der Waals surface area contributed by atoms with Crippen molar-refractivity contribution in [2.75, 3.05) is 14.2 Å². The molecule has 126 valence electrons. The van der Waals surface area contributed by atoms with Crippen LogP contribution in [0.15, 0.2) is 45.8 Å². The Morgan fingerprint density at radius 3 is 2.80 bits per heavy atom. The molecule has 7 nitrogen and oxygen atoms in total. The first-order chi connectivity index (χ1) is 12.2. The number of thiazole rings is 1. The van der Waals surface area contributed by atoms with Crippen molar-refractivity contribution in [3.8, 4) is 23.1 Å². The molecule has 0 aliphatic carbocycles. The molecule has 0 N–H and O–H groups in total. The van der Waals surface area contributed by atoms with Crippen molar-refractivity contribution >= 4 is 22.4 Å². The third-order valence-corrected chi connectivity index (χ3v) is 4.61. The van der Waals surface area contributed by atoms with E-state index in [0.29, 0.717) is 32.6 Å². The number of methoxy groups -OCH3 is 2. The number of aromatic nitrogens is 3. The van der Waals surface area contributed by atoms with Crippen LogP contribution in [-0.4, -0.2) is 28.8 Å². The van der Waals surface area contributed by atoms with Crippen molar-refractivity contribution in [1.29, 1.82) is 0 Å². The molecule has 0 saturated carbocycles. The van der Waals surface area contributed by atoms with Crippen LogP contribution in [0.2, 0.25) is 0 Å². The van der Waals surface area contributed by atoms with Gasteiger partial charge in [-0.2, -0.15) is 9.50 Å². The lowest BCUT2D eigenvalue weighted by Crippen LogP contribution is -2.23. The lowest BCUT2D eigenvalue weighted by atomic mass is 10.2. The lowest BCUT2D eigenvalue weighted by molar-refractivity contribution is 0.393. The van der Waals surface area contributed by atoms with Crippen LogP contribution in [-0.2, 0) is 0 Å². The van der Waals surface area contributed by atoms with E-state index in [2.05, 4.69) is 10.1 Å². The molecule has 0 atom stereocenters. The first-order valence-electron chi connectivity index (χ1n) is 7.37. The molecule has 3 heterocycles. The summed E-state index contributed by atoms with van der Waals surface area (Å²) in [6, 6.07) is 8.91. The Bertz CT molecular complexity index is 1140. The minimum Gasteiger partial charge on any atom is -0.497 e. The van der Waals surface area contributed by atoms with Crippen molar-refractivity contribution in [2.24, 2.45) is 0 Å². The van der Waals surface area contributed by atoms with E-state index < -0.39 is 0 Å². The molecular weight excluding hydrogens is 342 g/mol. The van der Waals surface area contributed by atoms with Gasteiger partial charge in [0.15, 0.2) is 5.76 Å². The number of furan rings is 1. The van der Waals surface area contributed by atoms with Crippen molar-refractivity contribution in [2.45, 2.75) is 0 Å². The maximum Gasteiger partial charge on any atom is 0.291 e. The van der Waals surface area contributed by atoms with E-state index in [4.69, 9.17) is 13.9 Å². The number of rotatable bonds is 4. The number of fused-ring (bicyclic) bond motifs is 1. The molecule has 0 aliphatic rings. The summed E-state index contributed by atoms with van der Waals surface area (Å²) in [6.07, 6.45) is 3.30. The summed E-state index contributed by atoms with van der Waals surface area (Å²) in [5.74, 6) is 2.22. The van der Waals surface area contributed by atoms with Gasteiger partial charge in [0.05, 0.1) is 25.0 Å². The molecule has 25 heavy (non-hydrogen) atoms. The predicted octanol–water partition coefficient (Wildman–Crippen LogP) is 1.98. The predicted molar refractivity (Wildman–Crippen MR) is 93.2 cm³/mol. The molecule has 4 aromatic rings. The van der Waals surface area contributed by atoms with Crippen LogP contribution < -0.4 is 19.6 Å². The molecule has 4 rings (SSSR count). The van der Waals surface area contributed by atoms with Crippen LogP contribution in [0.4, 0.5) is 0 Å². The summed E-state index contributed by atoms with van der Waals surface area (Å²) >= 11 is 1.26. The van der Waals surface area contributed by atoms with Crippen LogP contribution in [0, 0.1) is 0 Å². The van der Waals surface area contributed by atoms with Gasteiger partial charge in [0.1, 0.15) is 11.5 Å². The van der Waals surface area contributed by atoms with Crippen LogP contribution in [0.3, 0.4) is 0 Å². The van der Waals surface area contributed by atoms with Gasteiger partial charge in [0, 0.05) is 11.6 Å². The van der Waals surface area contributed by atoms with E-state index in [1.165, 1.54) is 22.1 Å². The summed E-state index contributed by atoms with van der Waals surface area (Å²) < 4.78 is 17.6. The van der Waals surface area contributed by atoms with Gasteiger partial charge in [0.25, 0.3) is 5.56 Å². The highest BCUT2D eigenvalue weighted by Gasteiger charge is 2.14. The largest absolute Gasteiger partial charge is 0.497 e. The summed E-state index contributed by atoms with van der Waals surface area (Å²) in [6.45, 7) is 0. The van der Waals surface area contributed by atoms with Crippen molar-refractivity contribution < 1.29 is 13.9 Å². The Morgan fingerprint density at radius 1 is 1.24 bits per heavy atom. The van der Waals surface area contributed by atoms with E-state index in [1.807, 2.05) is 12.1 Å². The maximum absolute atomic E-state index is 12.6. The molecule has 0 radical (unpaired) electrons. The molecule has 8 heteroatoms. The van der Waals surface area contributed by atoms with Crippen LogP contribution in [0.25, 0.3) is 22.6 Å². The number of benzene rings is 1. The van der Waals surface area contributed by atoms with Crippen molar-refractivity contribution in [1.82, 2.24) is 14.6 Å². The second-order valence-corrected chi connectivity index (χ2v) is 6.14. The molecule has 0 aliphatic heterocycles. The standard InChI is InChI=1S/C17H13N3O4S/c1-22-11-6-5-10(13(9-11)23-2)8-14-16(21)20-17(25-14)18-15(19-20)12-4-3-7-24-12/h3-9H,1-2H3. The minimum absolute atomic E-state index is 0.233. The highest BCUT2D eigenvalue weighted by Crippen LogP contribution is 2.25. The highest BCUT2D eigenvalue weighted by molar-refractivity contribution is 7.15. The van der Waals surface area contributed by atoms with E-state index >= 15 is 0 Å². The fourth-order valence-electron chi connectivity index (χ4n) is 2.42. The lowest BCUT2D eigenvalue weighted by Gasteiger charge is -2.06. The van der Waals surface area contributed by atoms with Gasteiger partial charge in [-0.05, 0) is 30.3 Å². The average molecular weight is 355 g/mol.